The van der Waals surface area contributed by atoms with Crippen LogP contribution < -0.4 is 5.32 Å². The van der Waals surface area contributed by atoms with Gasteiger partial charge in [-0.3, -0.25) is 4.79 Å². The number of carbonyl (C=O) groups is 1. The molecule has 5 atom stereocenters. The van der Waals surface area contributed by atoms with E-state index in [9.17, 15) is 25.2 Å². The third-order valence-corrected chi connectivity index (χ3v) is 7.02. The average Bonchev–Trinajstić information content (AvgIpc) is 2.90. The highest BCUT2D eigenvalue weighted by Gasteiger charge is 2.43. The molecule has 0 saturated carbocycles. The fraction of sp³-hybridized carbons (Fsp3) is 0.393. The molecule has 0 unspecified atom stereocenters. The summed E-state index contributed by atoms with van der Waals surface area (Å²) in [6.45, 7) is -0.274. The molecule has 4 aromatic rings. The molecule has 8 heteroatoms. The Hall–Kier alpha value is -2.85. The summed E-state index contributed by atoms with van der Waals surface area (Å²) in [7, 11) is 0. The minimum atomic E-state index is -1.49. The smallest absolute Gasteiger partial charge is 0.220 e. The third-order valence-electron chi connectivity index (χ3n) is 7.02. The van der Waals surface area contributed by atoms with Crippen molar-refractivity contribution in [2.24, 2.45) is 0 Å². The van der Waals surface area contributed by atoms with Crippen molar-refractivity contribution in [1.82, 2.24) is 5.32 Å². The van der Waals surface area contributed by atoms with Crippen molar-refractivity contribution in [1.29, 1.82) is 0 Å². The van der Waals surface area contributed by atoms with Crippen LogP contribution in [0.1, 0.15) is 18.4 Å². The van der Waals surface area contributed by atoms with Crippen molar-refractivity contribution in [3.63, 3.8) is 0 Å². The Morgan fingerprint density at radius 1 is 0.889 bits per heavy atom. The quantitative estimate of drug-likeness (QED) is 0.178. The highest BCUT2D eigenvalue weighted by atomic mass is 16.7. The van der Waals surface area contributed by atoms with Crippen LogP contribution in [0, 0.1) is 0 Å². The molecular formula is C28H31NO7. The molecule has 4 aromatic carbocycles. The first-order valence-electron chi connectivity index (χ1n) is 12.3. The largest absolute Gasteiger partial charge is 0.394 e. The molecule has 1 fully saturated rings. The summed E-state index contributed by atoms with van der Waals surface area (Å²) < 4.78 is 10.7. The normalized spacial score (nSPS) is 24.6. The lowest BCUT2D eigenvalue weighted by molar-refractivity contribution is -0.300. The van der Waals surface area contributed by atoms with Gasteiger partial charge >= 0.3 is 0 Å². The lowest BCUT2D eigenvalue weighted by atomic mass is 9.90. The van der Waals surface area contributed by atoms with Crippen LogP contribution in [0.15, 0.2) is 54.6 Å². The maximum absolute atomic E-state index is 12.3. The Morgan fingerprint density at radius 2 is 1.58 bits per heavy atom. The van der Waals surface area contributed by atoms with Gasteiger partial charge in [0.25, 0.3) is 0 Å². The molecule has 1 aliphatic rings. The number of hydrogen-bond donors (Lipinski definition) is 5. The Morgan fingerprint density at radius 3 is 2.33 bits per heavy atom. The zero-order valence-corrected chi connectivity index (χ0v) is 19.8. The zero-order valence-electron chi connectivity index (χ0n) is 19.8. The molecule has 0 spiro atoms. The first-order valence-corrected chi connectivity index (χ1v) is 12.3. The third kappa shape index (κ3) is 4.76. The van der Waals surface area contributed by atoms with Gasteiger partial charge in [0.05, 0.1) is 13.2 Å². The molecule has 8 nitrogen and oxygen atoms in total. The second-order valence-corrected chi connectivity index (χ2v) is 9.35. The number of aliphatic hydroxyl groups is 4. The SMILES string of the molecule is O=C(CCCc1ccc2ccc3cccc4ccc1c2c34)NCCO[C@H]1O[C@H](CO)[C@H](O)[C@H](O)[C@H]1O. The molecular weight excluding hydrogens is 462 g/mol. The molecule has 5 rings (SSSR count). The lowest BCUT2D eigenvalue weighted by Gasteiger charge is -2.39. The highest BCUT2D eigenvalue weighted by molar-refractivity contribution is 6.23. The molecule has 0 aliphatic carbocycles. The Kier molecular flexibility index (Phi) is 7.34. The monoisotopic (exact) mass is 493 g/mol. The van der Waals surface area contributed by atoms with E-state index in [0.717, 1.165) is 6.42 Å². The van der Waals surface area contributed by atoms with Gasteiger partial charge in [-0.05, 0) is 50.7 Å². The van der Waals surface area contributed by atoms with Crippen LogP contribution in [-0.2, 0) is 20.7 Å². The molecule has 0 aromatic heterocycles. The first kappa shape index (κ1) is 24.8. The molecule has 190 valence electrons. The van der Waals surface area contributed by atoms with E-state index in [1.54, 1.807) is 0 Å². The van der Waals surface area contributed by atoms with Gasteiger partial charge in [0.15, 0.2) is 6.29 Å². The van der Waals surface area contributed by atoms with Crippen LogP contribution in [0.5, 0.6) is 0 Å². The zero-order chi connectivity index (χ0) is 25.2. The summed E-state index contributed by atoms with van der Waals surface area (Å²) in [5.41, 5.74) is 1.22. The summed E-state index contributed by atoms with van der Waals surface area (Å²) in [5, 5.41) is 49.1. The van der Waals surface area contributed by atoms with Gasteiger partial charge < -0.3 is 35.2 Å². The standard InChI is InChI=1S/C28H31NO7/c30-15-21-25(32)26(33)27(34)28(36-21)35-14-13-29-22(31)6-2-3-16-7-8-19-10-9-17-4-1-5-18-11-12-20(16)24(19)23(17)18/h1,4-5,7-12,21,25-28,30,32-34H,2-3,6,13-15H2,(H,29,31)/t21-,25+,26+,27-,28+/m1/s1. The van der Waals surface area contributed by atoms with Gasteiger partial charge in [-0.2, -0.15) is 0 Å². The maximum atomic E-state index is 12.3. The second kappa shape index (κ2) is 10.6. The van der Waals surface area contributed by atoms with Gasteiger partial charge in [-0.15, -0.1) is 0 Å². The van der Waals surface area contributed by atoms with Crippen LogP contribution in [0.2, 0.25) is 0 Å². The minimum Gasteiger partial charge on any atom is -0.394 e. The van der Waals surface area contributed by atoms with Crippen molar-refractivity contribution < 1.29 is 34.7 Å². The number of hydrogen-bond acceptors (Lipinski definition) is 7. The minimum absolute atomic E-state index is 0.0451. The summed E-state index contributed by atoms with van der Waals surface area (Å²) in [6.07, 6.45) is -4.76. The van der Waals surface area contributed by atoms with Crippen LogP contribution in [0.25, 0.3) is 32.3 Å². The Labute approximate surface area is 208 Å². The van der Waals surface area contributed by atoms with Crippen molar-refractivity contribution in [3.05, 3.63) is 60.2 Å². The molecule has 5 N–H and O–H groups in total. The number of aliphatic hydroxyl groups excluding tert-OH is 4. The van der Waals surface area contributed by atoms with Crippen LogP contribution in [-0.4, -0.2) is 76.8 Å². The lowest BCUT2D eigenvalue weighted by Crippen LogP contribution is -2.59. The van der Waals surface area contributed by atoms with Crippen LogP contribution in [0.3, 0.4) is 0 Å². The topological polar surface area (TPSA) is 128 Å². The van der Waals surface area contributed by atoms with Crippen molar-refractivity contribution in [2.75, 3.05) is 19.8 Å². The second-order valence-electron chi connectivity index (χ2n) is 9.35. The Bertz CT molecular complexity index is 1320. The van der Waals surface area contributed by atoms with Crippen molar-refractivity contribution in [3.8, 4) is 0 Å². The molecule has 36 heavy (non-hydrogen) atoms. The summed E-state index contributed by atoms with van der Waals surface area (Å²) in [4.78, 5) is 12.3. The molecule has 0 bridgehead atoms. The number of amides is 1. The van der Waals surface area contributed by atoms with Gasteiger partial charge in [-0.25, -0.2) is 0 Å². The van der Waals surface area contributed by atoms with Crippen LogP contribution >= 0.6 is 0 Å². The summed E-state index contributed by atoms with van der Waals surface area (Å²) >= 11 is 0. The van der Waals surface area contributed by atoms with E-state index in [4.69, 9.17) is 9.47 Å². The van der Waals surface area contributed by atoms with E-state index in [-0.39, 0.29) is 19.1 Å². The van der Waals surface area contributed by atoms with Crippen molar-refractivity contribution in [2.45, 2.75) is 50.0 Å². The number of ether oxygens (including phenoxy) is 2. The molecule has 0 radical (unpaired) electrons. The number of carbonyl (C=O) groups excluding carboxylic acids is 1. The number of nitrogens with one attached hydrogen (secondary N) is 1. The highest BCUT2D eigenvalue weighted by Crippen LogP contribution is 2.36. The predicted octanol–water partition coefficient (Wildman–Crippen LogP) is 1.84. The molecule has 1 aliphatic heterocycles. The molecule has 1 saturated heterocycles. The average molecular weight is 494 g/mol. The predicted molar refractivity (Wildman–Crippen MR) is 136 cm³/mol. The van der Waals surface area contributed by atoms with Crippen molar-refractivity contribution >= 4 is 38.2 Å². The molecule has 1 amide bonds. The number of aryl methyl sites for hydroxylation is 1. The van der Waals surface area contributed by atoms with E-state index >= 15 is 0 Å². The molecule has 1 heterocycles. The van der Waals surface area contributed by atoms with E-state index in [1.807, 2.05) is 0 Å². The van der Waals surface area contributed by atoms with Gasteiger partial charge in [-0.1, -0.05) is 54.6 Å². The van der Waals surface area contributed by atoms with E-state index in [2.05, 4.69) is 59.9 Å². The maximum Gasteiger partial charge on any atom is 0.220 e. The number of benzene rings is 4. The number of rotatable bonds is 9. The fourth-order valence-electron chi connectivity index (χ4n) is 5.11. The first-order chi connectivity index (χ1) is 17.5. The Balaban J connectivity index is 1.12. The van der Waals surface area contributed by atoms with Gasteiger partial charge in [0.1, 0.15) is 24.4 Å². The van der Waals surface area contributed by atoms with Gasteiger partial charge in [0, 0.05) is 13.0 Å². The van der Waals surface area contributed by atoms with E-state index in [0.29, 0.717) is 12.8 Å². The summed E-state index contributed by atoms with van der Waals surface area (Å²) in [5.74, 6) is -0.106. The van der Waals surface area contributed by atoms with E-state index < -0.39 is 37.3 Å². The van der Waals surface area contributed by atoms with Gasteiger partial charge in [0.2, 0.25) is 5.91 Å². The summed E-state index contributed by atoms with van der Waals surface area (Å²) in [6, 6.07) is 19.3. The van der Waals surface area contributed by atoms with Crippen LogP contribution in [0.4, 0.5) is 0 Å². The van der Waals surface area contributed by atoms with E-state index in [1.165, 1.54) is 37.9 Å². The fourth-order valence-corrected chi connectivity index (χ4v) is 5.11.